The van der Waals surface area contributed by atoms with Crippen LogP contribution in [-0.2, 0) is 4.74 Å². The zero-order valence-electron chi connectivity index (χ0n) is 10.5. The van der Waals surface area contributed by atoms with E-state index in [9.17, 15) is 5.11 Å². The molecule has 2 aliphatic rings. The van der Waals surface area contributed by atoms with Gasteiger partial charge in [0.25, 0.3) is 0 Å². The summed E-state index contributed by atoms with van der Waals surface area (Å²) in [4.78, 5) is 0. The number of hydrogen-bond donors (Lipinski definition) is 2. The van der Waals surface area contributed by atoms with Crippen LogP contribution in [0.25, 0.3) is 0 Å². The number of hydrogen-bond acceptors (Lipinski definition) is 3. The molecule has 94 valence electrons. The topological polar surface area (TPSA) is 55.5 Å². The normalized spacial score (nSPS) is 41.2. The molecule has 2 fully saturated rings. The van der Waals surface area contributed by atoms with Crippen molar-refractivity contribution < 1.29 is 9.84 Å². The Labute approximate surface area is 98.4 Å². The number of nitrogens with two attached hydrogens (primary N) is 1. The number of aliphatic hydroxyl groups is 1. The number of ether oxygens (including phenoxy) is 1. The summed E-state index contributed by atoms with van der Waals surface area (Å²) in [6.45, 7) is 4.86. The zero-order valence-corrected chi connectivity index (χ0v) is 10.5. The monoisotopic (exact) mass is 227 g/mol. The lowest BCUT2D eigenvalue weighted by Crippen LogP contribution is -2.51. The molecule has 0 aromatic heterocycles. The van der Waals surface area contributed by atoms with E-state index < -0.39 is 0 Å². The fourth-order valence-corrected chi connectivity index (χ4v) is 3.66. The van der Waals surface area contributed by atoms with Crippen molar-refractivity contribution in [1.82, 2.24) is 0 Å². The first-order valence-corrected chi connectivity index (χ1v) is 6.67. The molecule has 3 heteroatoms. The highest BCUT2D eigenvalue weighted by molar-refractivity contribution is 5.05. The highest BCUT2D eigenvalue weighted by Crippen LogP contribution is 2.50. The van der Waals surface area contributed by atoms with Crippen LogP contribution in [0.5, 0.6) is 0 Å². The van der Waals surface area contributed by atoms with Gasteiger partial charge in [-0.25, -0.2) is 0 Å². The average Bonchev–Trinajstić information content (AvgIpc) is 2.88. The summed E-state index contributed by atoms with van der Waals surface area (Å²) in [5, 5.41) is 10.6. The lowest BCUT2D eigenvalue weighted by molar-refractivity contribution is -0.0531. The second-order valence-corrected chi connectivity index (χ2v) is 5.68. The van der Waals surface area contributed by atoms with Crippen molar-refractivity contribution in [3.63, 3.8) is 0 Å². The van der Waals surface area contributed by atoms with E-state index in [1.807, 2.05) is 0 Å². The average molecular weight is 227 g/mol. The highest BCUT2D eigenvalue weighted by Gasteiger charge is 2.56. The third-order valence-corrected chi connectivity index (χ3v) is 4.61. The molecule has 2 saturated heterocycles. The first-order valence-electron chi connectivity index (χ1n) is 6.67. The molecule has 2 aliphatic heterocycles. The fourth-order valence-electron chi connectivity index (χ4n) is 3.66. The van der Waals surface area contributed by atoms with Gasteiger partial charge < -0.3 is 15.6 Å². The van der Waals surface area contributed by atoms with Gasteiger partial charge in [-0.15, -0.1) is 0 Å². The summed E-state index contributed by atoms with van der Waals surface area (Å²) in [5.41, 5.74) is 5.79. The van der Waals surface area contributed by atoms with E-state index in [4.69, 9.17) is 10.5 Å². The molecule has 3 nitrogen and oxygen atoms in total. The van der Waals surface area contributed by atoms with Gasteiger partial charge in [0.1, 0.15) is 0 Å². The van der Waals surface area contributed by atoms with Gasteiger partial charge in [0.05, 0.1) is 18.3 Å². The van der Waals surface area contributed by atoms with Gasteiger partial charge in [-0.2, -0.15) is 0 Å². The van der Waals surface area contributed by atoms with E-state index in [1.165, 1.54) is 0 Å². The molecule has 3 N–H and O–H groups in total. The van der Waals surface area contributed by atoms with Crippen LogP contribution < -0.4 is 5.73 Å². The molecule has 5 unspecified atom stereocenters. The summed E-state index contributed by atoms with van der Waals surface area (Å²) in [6.07, 6.45) is 5.65. The Bertz CT molecular complexity index is 246. The van der Waals surface area contributed by atoms with Crippen molar-refractivity contribution in [3.8, 4) is 0 Å². The molecule has 0 aliphatic carbocycles. The molecule has 0 amide bonds. The molecule has 0 spiro atoms. The van der Waals surface area contributed by atoms with Crippen LogP contribution in [0.2, 0.25) is 0 Å². The minimum atomic E-state index is -0.298. The van der Waals surface area contributed by atoms with Gasteiger partial charge in [-0.1, -0.05) is 20.3 Å². The van der Waals surface area contributed by atoms with Gasteiger partial charge in [-0.05, 0) is 31.6 Å². The van der Waals surface area contributed by atoms with Gasteiger partial charge in [0.15, 0.2) is 0 Å². The van der Waals surface area contributed by atoms with Crippen LogP contribution in [0.3, 0.4) is 0 Å². The van der Waals surface area contributed by atoms with Crippen molar-refractivity contribution in [2.24, 2.45) is 17.1 Å². The Kier molecular flexibility index (Phi) is 3.57. The first-order chi connectivity index (χ1) is 7.64. The Hall–Kier alpha value is -0.120. The predicted octanol–water partition coefficient (Wildman–Crippen LogP) is 1.68. The fraction of sp³-hybridized carbons (Fsp3) is 1.00. The minimum absolute atomic E-state index is 0.155. The largest absolute Gasteiger partial charge is 0.392 e. The summed E-state index contributed by atoms with van der Waals surface area (Å²) < 4.78 is 5.89. The molecule has 0 saturated carbocycles. The molecule has 0 radical (unpaired) electrons. The number of rotatable bonds is 5. The van der Waals surface area contributed by atoms with Crippen molar-refractivity contribution in [2.45, 2.75) is 64.3 Å². The second kappa shape index (κ2) is 4.63. The van der Waals surface area contributed by atoms with Crippen LogP contribution in [0.15, 0.2) is 0 Å². The number of fused-ring (bicyclic) bond motifs is 2. The molecule has 2 bridgehead atoms. The summed E-state index contributed by atoms with van der Waals surface area (Å²) in [5.74, 6) is 0.330. The van der Waals surface area contributed by atoms with E-state index in [1.54, 1.807) is 0 Å². The quantitative estimate of drug-likeness (QED) is 0.751. The lowest BCUT2D eigenvalue weighted by atomic mass is 9.66. The molecule has 16 heavy (non-hydrogen) atoms. The van der Waals surface area contributed by atoms with E-state index in [0.717, 1.165) is 32.1 Å². The van der Waals surface area contributed by atoms with E-state index in [0.29, 0.717) is 18.6 Å². The third-order valence-electron chi connectivity index (χ3n) is 4.61. The molecule has 2 heterocycles. The van der Waals surface area contributed by atoms with Gasteiger partial charge >= 0.3 is 0 Å². The highest BCUT2D eigenvalue weighted by atomic mass is 16.5. The second-order valence-electron chi connectivity index (χ2n) is 5.68. The third kappa shape index (κ3) is 1.79. The molecule has 0 aromatic carbocycles. The maximum Gasteiger partial charge on any atom is 0.0674 e. The molecular formula is C13H25NO2. The summed E-state index contributed by atoms with van der Waals surface area (Å²) in [7, 11) is 0. The van der Waals surface area contributed by atoms with Gasteiger partial charge in [-0.3, -0.25) is 0 Å². The first kappa shape index (κ1) is 12.3. The Morgan fingerprint density at radius 3 is 2.69 bits per heavy atom. The van der Waals surface area contributed by atoms with Crippen LogP contribution in [0.4, 0.5) is 0 Å². The summed E-state index contributed by atoms with van der Waals surface area (Å²) >= 11 is 0. The van der Waals surface area contributed by atoms with Crippen molar-refractivity contribution in [1.29, 1.82) is 0 Å². The van der Waals surface area contributed by atoms with Gasteiger partial charge in [0, 0.05) is 12.0 Å². The molecule has 0 aromatic rings. The smallest absolute Gasteiger partial charge is 0.0674 e. The van der Waals surface area contributed by atoms with Gasteiger partial charge in [0.2, 0.25) is 0 Å². The minimum Gasteiger partial charge on any atom is -0.392 e. The Morgan fingerprint density at radius 1 is 1.50 bits per heavy atom. The lowest BCUT2D eigenvalue weighted by Gasteiger charge is -2.41. The zero-order chi connectivity index (χ0) is 11.8. The van der Waals surface area contributed by atoms with E-state index in [-0.39, 0.29) is 17.6 Å². The van der Waals surface area contributed by atoms with E-state index >= 15 is 0 Å². The summed E-state index contributed by atoms with van der Waals surface area (Å²) in [6, 6.07) is 0. The van der Waals surface area contributed by atoms with Crippen LogP contribution >= 0.6 is 0 Å². The standard InChI is InChI=1S/C13H25NO2/c1-3-4-9(2)12(15)13(8-14)7-10-5-6-11(13)16-10/h9-12,15H,3-8,14H2,1-2H3. The number of aliphatic hydroxyl groups excluding tert-OH is 1. The van der Waals surface area contributed by atoms with Crippen LogP contribution in [-0.4, -0.2) is 30.0 Å². The maximum absolute atomic E-state index is 10.6. The molecular weight excluding hydrogens is 202 g/mol. The molecule has 2 rings (SSSR count). The Morgan fingerprint density at radius 2 is 2.25 bits per heavy atom. The maximum atomic E-state index is 10.6. The van der Waals surface area contributed by atoms with Crippen LogP contribution in [0, 0.1) is 11.3 Å². The SMILES string of the molecule is CCCC(C)C(O)C1(CN)CC2CCC1O2. The van der Waals surface area contributed by atoms with E-state index in [2.05, 4.69) is 13.8 Å². The predicted molar refractivity (Wildman–Crippen MR) is 64.1 cm³/mol. The van der Waals surface area contributed by atoms with Crippen LogP contribution in [0.1, 0.15) is 46.0 Å². The van der Waals surface area contributed by atoms with Crippen molar-refractivity contribution >= 4 is 0 Å². The van der Waals surface area contributed by atoms with Crippen molar-refractivity contribution in [3.05, 3.63) is 0 Å². The Balaban J connectivity index is 2.09. The molecule has 5 atom stereocenters. The van der Waals surface area contributed by atoms with Crippen molar-refractivity contribution in [2.75, 3.05) is 6.54 Å².